The number of hydrogen-bond donors (Lipinski definition) is 2. The Balaban J connectivity index is 1.93. The van der Waals surface area contributed by atoms with Crippen molar-refractivity contribution in [1.29, 1.82) is 5.26 Å². The third-order valence-electron chi connectivity index (χ3n) is 3.76. The van der Waals surface area contributed by atoms with E-state index in [0.717, 1.165) is 11.1 Å². The summed E-state index contributed by atoms with van der Waals surface area (Å²) < 4.78 is 6.91. The second-order valence-electron chi connectivity index (χ2n) is 5.79. The molecule has 6 nitrogen and oxygen atoms in total. The first-order valence-corrected chi connectivity index (χ1v) is 7.47. The van der Waals surface area contributed by atoms with Gasteiger partial charge in [0.25, 0.3) is 0 Å². The van der Waals surface area contributed by atoms with Crippen LogP contribution in [0.15, 0.2) is 36.7 Å². The molecule has 0 aliphatic rings. The number of aliphatic hydroxyl groups is 1. The molecule has 0 bridgehead atoms. The van der Waals surface area contributed by atoms with Crippen LogP contribution in [-0.4, -0.2) is 28.0 Å². The highest BCUT2D eigenvalue weighted by atomic mass is 16.5. The first-order valence-electron chi connectivity index (χ1n) is 7.47. The minimum Gasteiger partial charge on any atom is -0.479 e. The van der Waals surface area contributed by atoms with Gasteiger partial charge in [0.1, 0.15) is 17.4 Å². The number of ether oxygens (including phenoxy) is 1. The van der Waals surface area contributed by atoms with E-state index >= 15 is 0 Å². The van der Waals surface area contributed by atoms with Crippen LogP contribution in [0.5, 0.6) is 5.75 Å². The molecule has 2 aromatic rings. The van der Waals surface area contributed by atoms with Gasteiger partial charge in [0.2, 0.25) is 0 Å². The standard InChI is InChI=1S/C17H22N4O2/c1-13(14-4-6-16(7-5-14)23-9-8-18)19-12-17(2,22)15-10-20-21(3)11-15/h4-7,10-11,13,19,22H,9,12H2,1-3H3. The molecule has 0 saturated heterocycles. The predicted molar refractivity (Wildman–Crippen MR) is 86.7 cm³/mol. The van der Waals surface area contributed by atoms with Gasteiger partial charge in [-0.25, -0.2) is 0 Å². The van der Waals surface area contributed by atoms with Crippen LogP contribution in [0.25, 0.3) is 0 Å². The molecule has 0 aliphatic heterocycles. The third kappa shape index (κ3) is 4.55. The SMILES string of the molecule is CC(NCC(C)(O)c1cnn(C)c1)c1ccc(OCC#N)cc1. The van der Waals surface area contributed by atoms with Crippen LogP contribution in [0.4, 0.5) is 0 Å². The first kappa shape index (κ1) is 17.0. The second-order valence-corrected chi connectivity index (χ2v) is 5.79. The average Bonchev–Trinajstić information content (AvgIpc) is 2.98. The second kappa shape index (κ2) is 7.27. The van der Waals surface area contributed by atoms with Crippen LogP contribution in [0.3, 0.4) is 0 Å². The number of nitrogens with zero attached hydrogens (tertiary/aromatic N) is 3. The maximum absolute atomic E-state index is 10.6. The molecule has 1 heterocycles. The molecule has 6 heteroatoms. The molecule has 0 aliphatic carbocycles. The minimum absolute atomic E-state index is 0.0428. The van der Waals surface area contributed by atoms with E-state index in [1.807, 2.05) is 50.5 Å². The molecule has 2 atom stereocenters. The lowest BCUT2D eigenvalue weighted by Gasteiger charge is -2.25. The maximum Gasteiger partial charge on any atom is 0.174 e. The number of benzene rings is 1. The molecule has 122 valence electrons. The number of aryl methyl sites for hydroxylation is 1. The Kier molecular flexibility index (Phi) is 5.37. The largest absolute Gasteiger partial charge is 0.479 e. The van der Waals surface area contributed by atoms with Crippen LogP contribution in [0, 0.1) is 11.3 Å². The van der Waals surface area contributed by atoms with Gasteiger partial charge in [-0.15, -0.1) is 0 Å². The molecule has 0 spiro atoms. The quantitative estimate of drug-likeness (QED) is 0.815. The van der Waals surface area contributed by atoms with Crippen molar-refractivity contribution in [3.63, 3.8) is 0 Å². The van der Waals surface area contributed by atoms with E-state index in [4.69, 9.17) is 10.00 Å². The number of nitrogens with one attached hydrogen (secondary N) is 1. The van der Waals surface area contributed by atoms with Crippen LogP contribution >= 0.6 is 0 Å². The highest BCUT2D eigenvalue weighted by Gasteiger charge is 2.25. The molecular formula is C17H22N4O2. The summed E-state index contributed by atoms with van der Waals surface area (Å²) in [4.78, 5) is 0. The van der Waals surface area contributed by atoms with Gasteiger partial charge in [-0.05, 0) is 31.5 Å². The molecule has 2 N–H and O–H groups in total. The lowest BCUT2D eigenvalue weighted by molar-refractivity contribution is 0.0543. The van der Waals surface area contributed by atoms with Crippen molar-refractivity contribution in [3.8, 4) is 11.8 Å². The summed E-state index contributed by atoms with van der Waals surface area (Å²) in [5, 5.41) is 26.5. The summed E-state index contributed by atoms with van der Waals surface area (Å²) in [5.41, 5.74) is 0.870. The Morgan fingerprint density at radius 2 is 2.13 bits per heavy atom. The lowest BCUT2D eigenvalue weighted by Crippen LogP contribution is -2.36. The van der Waals surface area contributed by atoms with E-state index < -0.39 is 5.60 Å². The minimum atomic E-state index is -0.988. The number of aromatic nitrogens is 2. The summed E-state index contributed by atoms with van der Waals surface area (Å²) in [6.45, 7) is 4.25. The van der Waals surface area contributed by atoms with Gasteiger partial charge >= 0.3 is 0 Å². The molecule has 1 aromatic carbocycles. The highest BCUT2D eigenvalue weighted by molar-refractivity contribution is 5.29. The summed E-state index contributed by atoms with van der Waals surface area (Å²) in [6.07, 6.45) is 3.49. The van der Waals surface area contributed by atoms with Crippen molar-refractivity contribution in [3.05, 3.63) is 47.8 Å². The first-order chi connectivity index (χ1) is 10.9. The van der Waals surface area contributed by atoms with Gasteiger partial charge in [0.15, 0.2) is 6.61 Å². The molecule has 2 unspecified atom stereocenters. The summed E-state index contributed by atoms with van der Waals surface area (Å²) in [5.74, 6) is 0.671. The maximum atomic E-state index is 10.6. The summed E-state index contributed by atoms with van der Waals surface area (Å²) >= 11 is 0. The van der Waals surface area contributed by atoms with Gasteiger partial charge in [-0.3, -0.25) is 4.68 Å². The van der Waals surface area contributed by atoms with Crippen molar-refractivity contribution in [2.45, 2.75) is 25.5 Å². The Morgan fingerprint density at radius 1 is 1.43 bits per heavy atom. The lowest BCUT2D eigenvalue weighted by atomic mass is 9.98. The van der Waals surface area contributed by atoms with E-state index in [2.05, 4.69) is 10.4 Å². The number of nitriles is 1. The van der Waals surface area contributed by atoms with E-state index in [0.29, 0.717) is 12.3 Å². The molecule has 1 aromatic heterocycles. The zero-order chi connectivity index (χ0) is 16.9. The van der Waals surface area contributed by atoms with Gasteiger partial charge < -0.3 is 15.2 Å². The van der Waals surface area contributed by atoms with Gasteiger partial charge in [0.05, 0.1) is 6.20 Å². The van der Waals surface area contributed by atoms with Crippen molar-refractivity contribution >= 4 is 0 Å². The molecular weight excluding hydrogens is 292 g/mol. The molecule has 23 heavy (non-hydrogen) atoms. The Labute approximate surface area is 136 Å². The van der Waals surface area contributed by atoms with Gasteiger partial charge in [-0.1, -0.05) is 12.1 Å². The van der Waals surface area contributed by atoms with E-state index in [-0.39, 0.29) is 12.6 Å². The molecule has 0 amide bonds. The Hall–Kier alpha value is -2.36. The molecule has 2 rings (SSSR count). The van der Waals surface area contributed by atoms with Crippen LogP contribution in [-0.2, 0) is 12.6 Å². The van der Waals surface area contributed by atoms with Gasteiger partial charge in [-0.2, -0.15) is 10.4 Å². The third-order valence-corrected chi connectivity index (χ3v) is 3.76. The van der Waals surface area contributed by atoms with Crippen molar-refractivity contribution in [2.24, 2.45) is 7.05 Å². The van der Waals surface area contributed by atoms with E-state index in [1.54, 1.807) is 17.8 Å². The summed E-state index contributed by atoms with van der Waals surface area (Å²) in [6, 6.07) is 9.58. The van der Waals surface area contributed by atoms with Crippen molar-refractivity contribution < 1.29 is 9.84 Å². The monoisotopic (exact) mass is 314 g/mol. The average molecular weight is 314 g/mol. The Bertz CT molecular complexity index is 671. The van der Waals surface area contributed by atoms with Crippen LogP contribution in [0.2, 0.25) is 0 Å². The normalized spacial score (nSPS) is 14.7. The smallest absolute Gasteiger partial charge is 0.174 e. The zero-order valence-electron chi connectivity index (χ0n) is 13.7. The molecule has 0 fully saturated rings. The van der Waals surface area contributed by atoms with E-state index in [1.165, 1.54) is 0 Å². The predicted octanol–water partition coefficient (Wildman–Crippen LogP) is 1.88. The fourth-order valence-corrected chi connectivity index (χ4v) is 2.24. The summed E-state index contributed by atoms with van der Waals surface area (Å²) in [7, 11) is 1.82. The fourth-order valence-electron chi connectivity index (χ4n) is 2.24. The van der Waals surface area contributed by atoms with E-state index in [9.17, 15) is 5.11 Å². The van der Waals surface area contributed by atoms with Crippen LogP contribution < -0.4 is 10.1 Å². The fraction of sp³-hybridized carbons (Fsp3) is 0.412. The zero-order valence-corrected chi connectivity index (χ0v) is 13.7. The Morgan fingerprint density at radius 3 is 2.70 bits per heavy atom. The molecule has 0 radical (unpaired) electrons. The molecule has 0 saturated carbocycles. The highest BCUT2D eigenvalue weighted by Crippen LogP contribution is 2.22. The van der Waals surface area contributed by atoms with Crippen LogP contribution in [0.1, 0.15) is 31.0 Å². The number of hydrogen-bond acceptors (Lipinski definition) is 5. The van der Waals surface area contributed by atoms with Gasteiger partial charge in [0, 0.05) is 31.4 Å². The van der Waals surface area contributed by atoms with Crippen molar-refractivity contribution in [1.82, 2.24) is 15.1 Å². The number of rotatable bonds is 7. The van der Waals surface area contributed by atoms with Crippen molar-refractivity contribution in [2.75, 3.05) is 13.2 Å². The topological polar surface area (TPSA) is 83.1 Å².